The van der Waals surface area contributed by atoms with Gasteiger partial charge in [0.1, 0.15) is 0 Å². The zero-order chi connectivity index (χ0) is 9.47. The summed E-state index contributed by atoms with van der Waals surface area (Å²) in [5, 5.41) is 0.847. The van der Waals surface area contributed by atoms with Crippen molar-refractivity contribution in [1.29, 1.82) is 0 Å². The van der Waals surface area contributed by atoms with E-state index in [0.29, 0.717) is 5.41 Å². The Morgan fingerprint density at radius 3 is 2.62 bits per heavy atom. The Labute approximate surface area is 84.1 Å². The quantitative estimate of drug-likeness (QED) is 0.704. The minimum absolute atomic E-state index is 0.393. The molecule has 1 aromatic rings. The van der Waals surface area contributed by atoms with E-state index in [9.17, 15) is 0 Å². The maximum atomic E-state index is 6.17. The fourth-order valence-electron chi connectivity index (χ4n) is 2.13. The molecule has 0 saturated heterocycles. The van der Waals surface area contributed by atoms with Crippen molar-refractivity contribution in [3.8, 4) is 0 Å². The van der Waals surface area contributed by atoms with Gasteiger partial charge in [0.15, 0.2) is 0 Å². The summed E-state index contributed by atoms with van der Waals surface area (Å²) in [6.45, 7) is 4.34. The van der Waals surface area contributed by atoms with Crippen LogP contribution in [0.3, 0.4) is 0 Å². The fraction of sp³-hybridized carbons (Fsp3) is 0.545. The van der Waals surface area contributed by atoms with E-state index in [4.69, 9.17) is 11.6 Å². The standard InChI is InChI=1S/C11H14ClN/c1-3-11(4-5-11)10-8(2)6-13-7-9(10)12/h6-7H,3-5H2,1-2H3. The first kappa shape index (κ1) is 9.01. The molecule has 0 bridgehead atoms. The van der Waals surface area contributed by atoms with Gasteiger partial charge in [-0.2, -0.15) is 0 Å². The van der Waals surface area contributed by atoms with Crippen LogP contribution in [0.5, 0.6) is 0 Å². The molecule has 1 nitrogen and oxygen atoms in total. The number of halogens is 1. The van der Waals surface area contributed by atoms with Crippen molar-refractivity contribution in [3.05, 3.63) is 28.5 Å². The Balaban J connectivity index is 2.50. The van der Waals surface area contributed by atoms with Crippen LogP contribution in [0.15, 0.2) is 12.4 Å². The summed E-state index contributed by atoms with van der Waals surface area (Å²) in [7, 11) is 0. The SMILES string of the molecule is CCC1(c2c(C)cncc2Cl)CC1. The van der Waals surface area contributed by atoms with Crippen molar-refractivity contribution < 1.29 is 0 Å². The molecular formula is C11H14ClN. The number of hydrogen-bond acceptors (Lipinski definition) is 1. The van der Waals surface area contributed by atoms with Gasteiger partial charge in [-0.05, 0) is 42.7 Å². The summed E-state index contributed by atoms with van der Waals surface area (Å²) >= 11 is 6.17. The summed E-state index contributed by atoms with van der Waals surface area (Å²) in [4.78, 5) is 4.09. The van der Waals surface area contributed by atoms with Gasteiger partial charge in [-0.1, -0.05) is 18.5 Å². The first-order valence-corrected chi connectivity index (χ1v) is 5.18. The van der Waals surface area contributed by atoms with Crippen LogP contribution in [0.25, 0.3) is 0 Å². The third-order valence-electron chi connectivity index (χ3n) is 3.15. The highest BCUT2D eigenvalue weighted by molar-refractivity contribution is 6.31. The summed E-state index contributed by atoms with van der Waals surface area (Å²) in [5.41, 5.74) is 2.97. The molecule has 2 heteroatoms. The first-order chi connectivity index (χ1) is 6.19. The van der Waals surface area contributed by atoms with Crippen LogP contribution in [-0.2, 0) is 5.41 Å². The molecule has 1 saturated carbocycles. The molecule has 0 radical (unpaired) electrons. The van der Waals surface area contributed by atoms with Gasteiger partial charge in [-0.15, -0.1) is 0 Å². The maximum Gasteiger partial charge on any atom is 0.0629 e. The minimum Gasteiger partial charge on any atom is -0.263 e. The maximum absolute atomic E-state index is 6.17. The van der Waals surface area contributed by atoms with E-state index in [1.165, 1.54) is 30.4 Å². The van der Waals surface area contributed by atoms with Crippen molar-refractivity contribution in [2.45, 2.75) is 38.5 Å². The van der Waals surface area contributed by atoms with Crippen molar-refractivity contribution in [2.75, 3.05) is 0 Å². The molecule has 0 spiro atoms. The largest absolute Gasteiger partial charge is 0.263 e. The Bertz CT molecular complexity index is 309. The lowest BCUT2D eigenvalue weighted by atomic mass is 9.91. The van der Waals surface area contributed by atoms with Crippen molar-refractivity contribution in [3.63, 3.8) is 0 Å². The molecule has 0 amide bonds. The molecule has 0 aliphatic heterocycles. The molecule has 1 heterocycles. The third-order valence-corrected chi connectivity index (χ3v) is 3.44. The van der Waals surface area contributed by atoms with Crippen molar-refractivity contribution in [2.24, 2.45) is 0 Å². The van der Waals surface area contributed by atoms with Crippen LogP contribution in [-0.4, -0.2) is 4.98 Å². The van der Waals surface area contributed by atoms with E-state index >= 15 is 0 Å². The second-order valence-corrected chi connectivity index (χ2v) is 4.35. The molecule has 70 valence electrons. The summed E-state index contributed by atoms with van der Waals surface area (Å²) in [6, 6.07) is 0. The number of rotatable bonds is 2. The van der Waals surface area contributed by atoms with Gasteiger partial charge >= 0.3 is 0 Å². The van der Waals surface area contributed by atoms with Crippen LogP contribution in [0.2, 0.25) is 5.02 Å². The van der Waals surface area contributed by atoms with E-state index in [1.54, 1.807) is 6.20 Å². The predicted molar refractivity (Wildman–Crippen MR) is 55.2 cm³/mol. The van der Waals surface area contributed by atoms with Gasteiger partial charge in [0.05, 0.1) is 5.02 Å². The molecule has 1 aliphatic carbocycles. The van der Waals surface area contributed by atoms with E-state index in [-0.39, 0.29) is 0 Å². The highest BCUT2D eigenvalue weighted by Gasteiger charge is 2.44. The first-order valence-electron chi connectivity index (χ1n) is 4.80. The molecule has 1 aliphatic rings. The zero-order valence-corrected chi connectivity index (χ0v) is 8.86. The lowest BCUT2D eigenvalue weighted by Crippen LogP contribution is -2.08. The highest BCUT2D eigenvalue weighted by Crippen LogP contribution is 2.53. The minimum atomic E-state index is 0.393. The topological polar surface area (TPSA) is 12.9 Å². The van der Waals surface area contributed by atoms with Crippen molar-refractivity contribution >= 4 is 11.6 Å². The smallest absolute Gasteiger partial charge is 0.0629 e. The molecule has 1 fully saturated rings. The fourth-order valence-corrected chi connectivity index (χ4v) is 2.54. The van der Waals surface area contributed by atoms with Gasteiger partial charge in [0, 0.05) is 12.4 Å². The van der Waals surface area contributed by atoms with Crippen LogP contribution >= 0.6 is 11.6 Å². The Morgan fingerprint density at radius 1 is 1.46 bits per heavy atom. The summed E-state index contributed by atoms with van der Waals surface area (Å²) in [5.74, 6) is 0. The second-order valence-electron chi connectivity index (χ2n) is 3.95. The van der Waals surface area contributed by atoms with Gasteiger partial charge in [-0.3, -0.25) is 4.98 Å². The Kier molecular flexibility index (Phi) is 2.07. The average Bonchev–Trinajstić information content (AvgIpc) is 2.85. The number of aryl methyl sites for hydroxylation is 1. The van der Waals surface area contributed by atoms with E-state index in [0.717, 1.165) is 5.02 Å². The predicted octanol–water partition coefficient (Wildman–Crippen LogP) is 3.49. The van der Waals surface area contributed by atoms with E-state index < -0.39 is 0 Å². The normalized spacial score (nSPS) is 18.7. The molecule has 0 aromatic carbocycles. The Morgan fingerprint density at radius 2 is 2.15 bits per heavy atom. The molecule has 0 unspecified atom stereocenters. The summed E-state index contributed by atoms with van der Waals surface area (Å²) < 4.78 is 0. The number of hydrogen-bond donors (Lipinski definition) is 0. The third kappa shape index (κ3) is 1.35. The average molecular weight is 196 g/mol. The molecule has 1 aromatic heterocycles. The summed E-state index contributed by atoms with van der Waals surface area (Å²) in [6.07, 6.45) is 7.44. The van der Waals surface area contributed by atoms with Crippen molar-refractivity contribution in [1.82, 2.24) is 4.98 Å². The van der Waals surface area contributed by atoms with E-state index in [1.807, 2.05) is 6.20 Å². The molecule has 0 N–H and O–H groups in total. The zero-order valence-electron chi connectivity index (χ0n) is 8.10. The lowest BCUT2D eigenvalue weighted by Gasteiger charge is -2.16. The number of nitrogens with zero attached hydrogens (tertiary/aromatic N) is 1. The molecule has 13 heavy (non-hydrogen) atoms. The molecule has 2 rings (SSSR count). The van der Waals surface area contributed by atoms with Crippen LogP contribution < -0.4 is 0 Å². The molecular weight excluding hydrogens is 182 g/mol. The van der Waals surface area contributed by atoms with Gasteiger partial charge < -0.3 is 0 Å². The monoisotopic (exact) mass is 195 g/mol. The van der Waals surface area contributed by atoms with Gasteiger partial charge in [0.2, 0.25) is 0 Å². The number of pyridine rings is 1. The van der Waals surface area contributed by atoms with E-state index in [2.05, 4.69) is 18.8 Å². The highest BCUT2D eigenvalue weighted by atomic mass is 35.5. The van der Waals surface area contributed by atoms with Crippen LogP contribution in [0, 0.1) is 6.92 Å². The van der Waals surface area contributed by atoms with Crippen LogP contribution in [0.1, 0.15) is 37.3 Å². The van der Waals surface area contributed by atoms with Crippen LogP contribution in [0.4, 0.5) is 0 Å². The number of aromatic nitrogens is 1. The lowest BCUT2D eigenvalue weighted by molar-refractivity contribution is 0.658. The second kappa shape index (κ2) is 2.98. The Hall–Kier alpha value is -0.560. The van der Waals surface area contributed by atoms with Gasteiger partial charge in [-0.25, -0.2) is 0 Å². The molecule has 0 atom stereocenters. The van der Waals surface area contributed by atoms with Gasteiger partial charge in [0.25, 0.3) is 0 Å².